The van der Waals surface area contributed by atoms with Gasteiger partial charge in [0.25, 0.3) is 0 Å². The number of hydrogen-bond donors (Lipinski definition) is 1. The molecule has 0 amide bonds. The topological polar surface area (TPSA) is 63.4 Å². The second kappa shape index (κ2) is 7.11. The smallest absolute Gasteiger partial charge is 0.242 e. The molecule has 0 aliphatic rings. The summed E-state index contributed by atoms with van der Waals surface area (Å²) in [7, 11) is 0. The van der Waals surface area contributed by atoms with Gasteiger partial charge in [0, 0.05) is 11.3 Å². The molecule has 0 saturated carbocycles. The fourth-order valence-corrected chi connectivity index (χ4v) is 1.96. The molecule has 1 rings (SSSR count). The maximum Gasteiger partial charge on any atom is 0.242 e. The average molecular weight is 251 g/mol. The molecule has 0 heterocycles. The van der Waals surface area contributed by atoms with Gasteiger partial charge in [-0.25, -0.2) is 0 Å². The van der Waals surface area contributed by atoms with Crippen LogP contribution in [0.3, 0.4) is 0 Å². The lowest BCUT2D eigenvalue weighted by Gasteiger charge is -2.16. The molecule has 0 aliphatic carbocycles. The quantitative estimate of drug-likeness (QED) is 0.598. The molecule has 18 heavy (non-hydrogen) atoms. The largest absolute Gasteiger partial charge is 0.381 e. The van der Waals surface area contributed by atoms with Gasteiger partial charge in [-0.1, -0.05) is 44.5 Å². The summed E-state index contributed by atoms with van der Waals surface area (Å²) in [6.07, 6.45) is 1.98. The normalized spacial score (nSPS) is 14.2. The summed E-state index contributed by atoms with van der Waals surface area (Å²) in [6.45, 7) is 4.03. The van der Waals surface area contributed by atoms with Crippen molar-refractivity contribution < 1.29 is 10.0 Å². The summed E-state index contributed by atoms with van der Waals surface area (Å²) >= 11 is 0. The summed E-state index contributed by atoms with van der Waals surface area (Å²) in [5, 5.41) is 21.1. The minimum Gasteiger partial charge on any atom is -0.381 e. The molecule has 0 spiro atoms. The van der Waals surface area contributed by atoms with Gasteiger partial charge in [-0.05, 0) is 24.0 Å². The van der Waals surface area contributed by atoms with E-state index in [0.717, 1.165) is 24.8 Å². The Bertz CT molecular complexity index is 375. The molecule has 0 radical (unpaired) electrons. The van der Waals surface area contributed by atoms with Gasteiger partial charge in [0.05, 0.1) is 0 Å². The van der Waals surface area contributed by atoms with Crippen LogP contribution in [0.25, 0.3) is 0 Å². The van der Waals surface area contributed by atoms with Gasteiger partial charge in [0.1, 0.15) is 6.10 Å². The van der Waals surface area contributed by atoms with Crippen molar-refractivity contribution in [2.45, 2.75) is 51.7 Å². The first-order valence-corrected chi connectivity index (χ1v) is 6.50. The molecule has 1 aromatic carbocycles. The summed E-state index contributed by atoms with van der Waals surface area (Å²) in [6, 6.07) is 6.49. The van der Waals surface area contributed by atoms with E-state index in [9.17, 15) is 15.2 Å². The predicted molar refractivity (Wildman–Crippen MR) is 71.1 cm³/mol. The van der Waals surface area contributed by atoms with Crippen molar-refractivity contribution >= 4 is 0 Å². The second-order valence-corrected chi connectivity index (χ2v) is 4.53. The average Bonchev–Trinajstić information content (AvgIpc) is 2.38. The van der Waals surface area contributed by atoms with E-state index < -0.39 is 12.1 Å². The molecule has 0 saturated heterocycles. The van der Waals surface area contributed by atoms with Crippen LogP contribution in [0.2, 0.25) is 0 Å². The van der Waals surface area contributed by atoms with Crippen molar-refractivity contribution in [2.75, 3.05) is 0 Å². The van der Waals surface area contributed by atoms with Crippen LogP contribution >= 0.6 is 0 Å². The molecule has 4 nitrogen and oxygen atoms in total. The third-order valence-corrected chi connectivity index (χ3v) is 3.22. The number of aliphatic hydroxyl groups is 1. The van der Waals surface area contributed by atoms with Crippen LogP contribution in [-0.2, 0) is 6.42 Å². The molecule has 0 aromatic heterocycles. The number of benzene rings is 1. The number of unbranched alkanes of at least 4 members (excludes halogenated alkanes) is 1. The van der Waals surface area contributed by atoms with Crippen LogP contribution in [-0.4, -0.2) is 16.1 Å². The molecular formula is C14H21NO3. The zero-order chi connectivity index (χ0) is 13.5. The van der Waals surface area contributed by atoms with E-state index in [1.165, 1.54) is 0 Å². The molecule has 1 N–H and O–H groups in total. The Morgan fingerprint density at radius 2 is 1.89 bits per heavy atom. The molecule has 0 aliphatic heterocycles. The summed E-state index contributed by atoms with van der Waals surface area (Å²) in [4.78, 5) is 10.6. The lowest BCUT2D eigenvalue weighted by atomic mass is 9.97. The van der Waals surface area contributed by atoms with Crippen molar-refractivity contribution in [3.05, 3.63) is 45.5 Å². The predicted octanol–water partition coefficient (Wildman–Crippen LogP) is 3.12. The van der Waals surface area contributed by atoms with Crippen LogP contribution in [0, 0.1) is 10.1 Å². The van der Waals surface area contributed by atoms with E-state index in [1.54, 1.807) is 12.1 Å². The molecule has 1 aromatic rings. The highest BCUT2D eigenvalue weighted by molar-refractivity contribution is 5.24. The Kier molecular flexibility index (Phi) is 5.78. The van der Waals surface area contributed by atoms with E-state index in [0.29, 0.717) is 12.0 Å². The van der Waals surface area contributed by atoms with Crippen molar-refractivity contribution in [1.82, 2.24) is 0 Å². The Morgan fingerprint density at radius 3 is 2.33 bits per heavy atom. The first-order chi connectivity index (χ1) is 8.60. The molecular weight excluding hydrogens is 230 g/mol. The molecule has 2 unspecified atom stereocenters. The van der Waals surface area contributed by atoms with E-state index >= 15 is 0 Å². The molecule has 0 fully saturated rings. The van der Waals surface area contributed by atoms with Gasteiger partial charge in [0.2, 0.25) is 6.04 Å². The second-order valence-electron chi connectivity index (χ2n) is 4.53. The highest BCUT2D eigenvalue weighted by atomic mass is 16.6. The van der Waals surface area contributed by atoms with Gasteiger partial charge in [-0.2, -0.15) is 0 Å². The Morgan fingerprint density at radius 1 is 1.28 bits per heavy atom. The molecule has 4 heteroatoms. The SMILES string of the molecule is CCCCC(C(O)c1ccc(CC)cc1)[N+](=O)[O-]. The summed E-state index contributed by atoms with van der Waals surface area (Å²) in [5.41, 5.74) is 1.79. The summed E-state index contributed by atoms with van der Waals surface area (Å²) < 4.78 is 0. The number of hydrogen-bond acceptors (Lipinski definition) is 3. The van der Waals surface area contributed by atoms with Crippen LogP contribution in [0.15, 0.2) is 24.3 Å². The van der Waals surface area contributed by atoms with Crippen LogP contribution in [0.5, 0.6) is 0 Å². The highest BCUT2D eigenvalue weighted by Gasteiger charge is 2.30. The third kappa shape index (κ3) is 3.81. The van der Waals surface area contributed by atoms with E-state index in [-0.39, 0.29) is 4.92 Å². The fraction of sp³-hybridized carbons (Fsp3) is 0.571. The van der Waals surface area contributed by atoms with E-state index in [1.807, 2.05) is 26.0 Å². The lowest BCUT2D eigenvalue weighted by molar-refractivity contribution is -0.536. The summed E-state index contributed by atoms with van der Waals surface area (Å²) in [5.74, 6) is 0. The Hall–Kier alpha value is -1.42. The van der Waals surface area contributed by atoms with Gasteiger partial charge < -0.3 is 5.11 Å². The monoisotopic (exact) mass is 251 g/mol. The Labute approximate surface area is 108 Å². The number of rotatable bonds is 7. The maximum atomic E-state index is 11.0. The van der Waals surface area contributed by atoms with Crippen LogP contribution in [0.1, 0.15) is 50.3 Å². The Balaban J connectivity index is 2.80. The van der Waals surface area contributed by atoms with Crippen molar-refractivity contribution in [2.24, 2.45) is 0 Å². The minimum atomic E-state index is -1.02. The van der Waals surface area contributed by atoms with E-state index in [2.05, 4.69) is 0 Å². The maximum absolute atomic E-state index is 11.0. The first-order valence-electron chi connectivity index (χ1n) is 6.50. The fourth-order valence-electron chi connectivity index (χ4n) is 1.96. The van der Waals surface area contributed by atoms with Crippen LogP contribution < -0.4 is 0 Å². The minimum absolute atomic E-state index is 0.367. The van der Waals surface area contributed by atoms with Gasteiger partial charge in [-0.3, -0.25) is 10.1 Å². The number of aryl methyl sites for hydroxylation is 1. The first kappa shape index (κ1) is 14.6. The molecule has 0 bridgehead atoms. The standard InChI is InChI=1S/C14H21NO3/c1-3-5-6-13(15(17)18)14(16)12-9-7-11(4-2)8-10-12/h7-10,13-14,16H,3-6H2,1-2H3. The molecule has 2 atom stereocenters. The number of nitro groups is 1. The number of aliphatic hydroxyl groups excluding tert-OH is 1. The zero-order valence-electron chi connectivity index (χ0n) is 11.0. The molecule has 100 valence electrons. The van der Waals surface area contributed by atoms with Gasteiger partial charge >= 0.3 is 0 Å². The van der Waals surface area contributed by atoms with Gasteiger partial charge in [-0.15, -0.1) is 0 Å². The van der Waals surface area contributed by atoms with E-state index in [4.69, 9.17) is 0 Å². The van der Waals surface area contributed by atoms with Crippen molar-refractivity contribution in [1.29, 1.82) is 0 Å². The van der Waals surface area contributed by atoms with Crippen molar-refractivity contribution in [3.8, 4) is 0 Å². The van der Waals surface area contributed by atoms with Crippen LogP contribution in [0.4, 0.5) is 0 Å². The lowest BCUT2D eigenvalue weighted by Crippen LogP contribution is -2.27. The zero-order valence-corrected chi connectivity index (χ0v) is 11.0. The third-order valence-electron chi connectivity index (χ3n) is 3.22. The van der Waals surface area contributed by atoms with Crippen molar-refractivity contribution in [3.63, 3.8) is 0 Å². The van der Waals surface area contributed by atoms with Gasteiger partial charge in [0.15, 0.2) is 0 Å². The number of nitrogens with zero attached hydrogens (tertiary/aromatic N) is 1. The highest BCUT2D eigenvalue weighted by Crippen LogP contribution is 2.23.